The molecule has 0 spiro atoms. The molecule has 14 rings (SSSR count). The highest BCUT2D eigenvalue weighted by atomic mass is 35.5. The van der Waals surface area contributed by atoms with E-state index in [-0.39, 0.29) is 92.7 Å². The Morgan fingerprint density at radius 3 is 1.95 bits per heavy atom. The van der Waals surface area contributed by atoms with E-state index in [0.29, 0.717) is 59.8 Å². The van der Waals surface area contributed by atoms with Crippen LogP contribution in [-0.2, 0) is 54.3 Å². The molecule has 7 aromatic carbocycles. The predicted molar refractivity (Wildman–Crippen MR) is 431 cm³/mol. The first-order valence-electron chi connectivity index (χ1n) is 39.9. The summed E-state index contributed by atoms with van der Waals surface area (Å²) in [5, 5.41) is 103. The van der Waals surface area contributed by atoms with E-state index >= 15 is 24.0 Å². The van der Waals surface area contributed by atoms with Crippen molar-refractivity contribution in [3.63, 3.8) is 0 Å². The van der Waals surface area contributed by atoms with E-state index in [1.807, 2.05) is 76.2 Å². The number of halogens is 1. The SMILES string of the molecule is CC[C@H](CC(C)C)C(=O)NC1C(=O)C[C@@H](CC(C)=O)C(=O)NC2C(=O)C[C@@H]3C(=O)N[C@H](C(=O)C[C@H](C(=O)O)c4cc(O)cc(O)c4-c4cc3ccc4O)[C@H](C)c3ccc(c(C)c3)Oc3cc2cc(c3C[C@@H]2O[C@H](CO)[C@@H](O)[C@H](O)[C@H]2C[C@H]2C[C@](C)(CCOc3ccc(-c4ccc(Cl)cc4)cc3)[C@H](C)[C@H](C)O2)Oc2ccc(cc2C)[C@H]1O. The van der Waals surface area contributed by atoms with Gasteiger partial charge in [0.25, 0.3) is 0 Å². The molecule has 18 atom stereocenters. The zero-order chi connectivity index (χ0) is 83.6. The number of phenolic OH excluding ortho intramolecular Hbond substituents is 3. The fraction of sp³-hybridized carbons (Fsp3) is 0.451. The van der Waals surface area contributed by atoms with Gasteiger partial charge in [-0.2, -0.15) is 0 Å². The zero-order valence-corrected chi connectivity index (χ0v) is 67.5. The maximum atomic E-state index is 16.5. The monoisotopic (exact) mass is 1610 g/mol. The van der Waals surface area contributed by atoms with Crippen LogP contribution in [0.25, 0.3) is 22.3 Å². The number of aliphatic hydroxyl groups is 4. The summed E-state index contributed by atoms with van der Waals surface area (Å²) in [6.07, 6.45) is -9.66. The van der Waals surface area contributed by atoms with Crippen molar-refractivity contribution in [3.8, 4) is 68.2 Å². The topological polar surface area (TPSA) is 381 Å². The van der Waals surface area contributed by atoms with Gasteiger partial charge in [0.1, 0.15) is 82.2 Å². The number of aliphatic hydroxyl groups excluding tert-OH is 4. The molecule has 3 amide bonds. The van der Waals surface area contributed by atoms with E-state index in [1.165, 1.54) is 37.3 Å². The number of benzene rings is 7. The molecule has 7 aromatic rings. The van der Waals surface area contributed by atoms with Crippen LogP contribution in [0.4, 0.5) is 0 Å². The maximum Gasteiger partial charge on any atom is 0.311 e. The van der Waals surface area contributed by atoms with Crippen LogP contribution in [0.5, 0.6) is 46.0 Å². The molecule has 116 heavy (non-hydrogen) atoms. The number of phenols is 3. The minimum absolute atomic E-state index is 0.00975. The Labute approximate surface area is 679 Å². The second-order valence-electron chi connectivity index (χ2n) is 33.1. The number of carbonyl (C=O) groups excluding carboxylic acids is 7. The summed E-state index contributed by atoms with van der Waals surface area (Å²) in [6, 6.07) is 28.4. The second-order valence-corrected chi connectivity index (χ2v) is 33.6. The number of ether oxygens (including phenoxy) is 5. The fourth-order valence-electron chi connectivity index (χ4n) is 17.6. The van der Waals surface area contributed by atoms with Gasteiger partial charge in [-0.1, -0.05) is 102 Å². The molecule has 7 aliphatic rings. The molecule has 0 saturated carbocycles. The van der Waals surface area contributed by atoms with Crippen molar-refractivity contribution in [3.05, 3.63) is 177 Å². The van der Waals surface area contributed by atoms with Crippen LogP contribution < -0.4 is 30.2 Å². The lowest BCUT2D eigenvalue weighted by molar-refractivity contribution is -0.222. The summed E-state index contributed by atoms with van der Waals surface area (Å²) in [5.74, 6) is -15.9. The number of hydrogen-bond acceptors (Lipinski definition) is 20. The van der Waals surface area contributed by atoms with Crippen LogP contribution >= 0.6 is 11.6 Å². The highest BCUT2D eigenvalue weighted by Crippen LogP contribution is 2.51. The van der Waals surface area contributed by atoms with E-state index in [1.54, 1.807) is 51.1 Å². The number of carboxylic acids is 1. The molecule has 11 bridgehead atoms. The summed E-state index contributed by atoms with van der Waals surface area (Å²) in [7, 11) is 0. The number of hydrogen-bond donors (Lipinski definition) is 11. The molecular weight excluding hydrogens is 1510 g/mol. The van der Waals surface area contributed by atoms with E-state index in [4.69, 9.17) is 35.3 Å². The van der Waals surface area contributed by atoms with Crippen molar-refractivity contribution in [2.24, 2.45) is 35.0 Å². The Kier molecular flexibility index (Phi) is 26.3. The first kappa shape index (κ1) is 85.3. The number of fused-ring (bicyclic) bond motifs is 15. The third-order valence-corrected chi connectivity index (χ3v) is 24.8. The minimum Gasteiger partial charge on any atom is -0.508 e. The average Bonchev–Trinajstić information content (AvgIpc) is 0.766. The highest BCUT2D eigenvalue weighted by Gasteiger charge is 2.50. The van der Waals surface area contributed by atoms with Gasteiger partial charge >= 0.3 is 5.97 Å². The van der Waals surface area contributed by atoms with Gasteiger partial charge in [0.05, 0.1) is 61.4 Å². The number of carboxylic acid groups (broad SMARTS) is 1. The van der Waals surface area contributed by atoms with Crippen LogP contribution in [0.1, 0.15) is 188 Å². The first-order valence-corrected chi connectivity index (χ1v) is 40.3. The molecule has 0 aliphatic carbocycles. The first-order chi connectivity index (χ1) is 55.1. The van der Waals surface area contributed by atoms with Crippen molar-refractivity contribution < 1.29 is 103 Å². The summed E-state index contributed by atoms with van der Waals surface area (Å²) in [5.41, 5.74) is 2.21. The van der Waals surface area contributed by atoms with Gasteiger partial charge in [-0.25, -0.2) is 0 Å². The Hall–Kier alpha value is -10.1. The fourth-order valence-corrected chi connectivity index (χ4v) is 17.7. The van der Waals surface area contributed by atoms with Crippen molar-refractivity contribution >= 4 is 58.4 Å². The smallest absolute Gasteiger partial charge is 0.311 e. The second kappa shape index (κ2) is 35.8. The number of aryl methyl sites for hydroxylation is 2. The quantitative estimate of drug-likeness (QED) is 0.0380. The molecular formula is C91H104ClN3O21. The van der Waals surface area contributed by atoms with E-state index < -0.39 is 192 Å². The maximum absolute atomic E-state index is 16.5. The van der Waals surface area contributed by atoms with E-state index in [9.17, 15) is 55.2 Å². The number of aliphatic carboxylic acids is 1. The largest absolute Gasteiger partial charge is 0.508 e. The average molecular weight is 1610 g/mol. The Morgan fingerprint density at radius 1 is 0.690 bits per heavy atom. The van der Waals surface area contributed by atoms with Gasteiger partial charge < -0.3 is 85.3 Å². The van der Waals surface area contributed by atoms with Crippen LogP contribution in [0.3, 0.4) is 0 Å². The zero-order valence-electron chi connectivity index (χ0n) is 66.8. The Balaban J connectivity index is 1.03. The van der Waals surface area contributed by atoms with Crippen LogP contribution in [0, 0.1) is 48.9 Å². The predicted octanol–water partition coefficient (Wildman–Crippen LogP) is 13.1. The lowest BCUT2D eigenvalue weighted by Gasteiger charge is -2.49. The number of amides is 3. The summed E-state index contributed by atoms with van der Waals surface area (Å²) < 4.78 is 34.5. The van der Waals surface area contributed by atoms with Crippen LogP contribution in [-0.4, -0.2) is 150 Å². The molecule has 0 radical (unpaired) electrons. The van der Waals surface area contributed by atoms with Gasteiger partial charge in [0.2, 0.25) is 17.7 Å². The molecule has 616 valence electrons. The Morgan fingerprint density at radius 2 is 1.33 bits per heavy atom. The molecule has 24 nitrogen and oxygen atoms in total. The van der Waals surface area contributed by atoms with E-state index in [2.05, 4.69) is 29.8 Å². The van der Waals surface area contributed by atoms with Crippen molar-refractivity contribution in [2.75, 3.05) is 13.2 Å². The van der Waals surface area contributed by atoms with Gasteiger partial charge in [-0.15, -0.1) is 0 Å². The number of carbonyl (C=O) groups is 8. The summed E-state index contributed by atoms with van der Waals surface area (Å²) in [4.78, 5) is 120. The Bertz CT molecular complexity index is 4870. The number of Topliss-reactive ketones (excluding diaryl/α,β-unsaturated/α-hetero) is 4. The molecule has 0 aromatic heterocycles. The number of nitrogens with one attached hydrogen (secondary N) is 3. The molecule has 2 fully saturated rings. The third kappa shape index (κ3) is 18.7. The summed E-state index contributed by atoms with van der Waals surface area (Å²) >= 11 is 6.18. The minimum atomic E-state index is -1.94. The molecule has 7 aliphatic heterocycles. The third-order valence-electron chi connectivity index (χ3n) is 24.5. The summed E-state index contributed by atoms with van der Waals surface area (Å²) in [6.45, 7) is 17.8. The molecule has 2 saturated heterocycles. The highest BCUT2D eigenvalue weighted by molar-refractivity contribution is 6.30. The van der Waals surface area contributed by atoms with Crippen molar-refractivity contribution in [1.82, 2.24) is 16.0 Å². The lowest BCUT2D eigenvalue weighted by Crippen LogP contribution is -2.57. The van der Waals surface area contributed by atoms with Crippen LogP contribution in [0.15, 0.2) is 127 Å². The molecule has 11 N–H and O–H groups in total. The molecule has 2 unspecified atom stereocenters. The number of rotatable bonds is 18. The van der Waals surface area contributed by atoms with Gasteiger partial charge in [-0.05, 0) is 200 Å². The lowest BCUT2D eigenvalue weighted by atomic mass is 9.66. The normalized spacial score (nSPS) is 27.3. The molecule has 25 heteroatoms. The van der Waals surface area contributed by atoms with Gasteiger partial charge in [-0.3, -0.25) is 33.6 Å². The van der Waals surface area contributed by atoms with Crippen molar-refractivity contribution in [2.45, 2.75) is 212 Å². The van der Waals surface area contributed by atoms with Crippen molar-refractivity contribution in [1.29, 1.82) is 0 Å². The van der Waals surface area contributed by atoms with Gasteiger partial charge in [0.15, 0.2) is 17.3 Å². The standard InChI is InChI=1S/C91H104ClN3O21/c1-11-51(28-44(2)3)87(107)95-83-71(101)33-58(31-47(6)97)88(108)94-82-57-34-76(114-74-24-17-54(29-45(74)4)48(7)81-72(102)40-65(90(110)111)64-36-60(98)37-70(100)80(64)66-32-55(16-23-69(66)99)63(39-73(82)103)89(109)93-81)67(77(35-57)115-75-25-18-56(84(83)104)30-46(75)5)41-78-68(85(105)86(106)79(43-96)116-78)38-62-42-91(10,49(8)50(9)113-62)26-27-112-61-21-14-53(15-22-61)52-12-19-59(92)20-13-52/h12-25,29-30,32,34-37,44,48-51,58,62-63,65,68,78-79,81-86,96,98-100,104-106H,11,26-28,31,33,38-43H2,1-10H3,(H,93,109)(H,94,108)(H,95,107)(H,110,111)/t48-,49-,50+,51-,58-,62+,63+,65+,68+,78+,79-,81+,82?,83?,84-,85-,86-,91+/m1/s1. The van der Waals surface area contributed by atoms with Crippen LogP contribution in [0.2, 0.25) is 5.02 Å². The number of ketones is 4. The van der Waals surface area contributed by atoms with Gasteiger partial charge in [0, 0.05) is 77.6 Å². The number of aromatic hydroxyl groups is 3. The molecule has 7 heterocycles. The van der Waals surface area contributed by atoms with E-state index in [0.717, 1.165) is 29.3 Å².